The summed E-state index contributed by atoms with van der Waals surface area (Å²) >= 11 is 0. The summed E-state index contributed by atoms with van der Waals surface area (Å²) in [6.45, 7) is 6.35. The first kappa shape index (κ1) is 16.8. The predicted molar refractivity (Wildman–Crippen MR) is 69.5 cm³/mol. The Bertz CT molecular complexity index is 159. The molecule has 104 valence electrons. The van der Waals surface area contributed by atoms with Crippen LogP contribution in [0.2, 0.25) is 0 Å². The highest BCUT2D eigenvalue weighted by Crippen LogP contribution is 1.90. The molecule has 0 aliphatic rings. The standard InChI is InChI=1S/C12H28N2O3/c1-11(8-13-6-5-7-15-2)14-9-12(17-4)10-16-3/h11-14H,5-10H2,1-4H3. The number of nitrogens with one attached hydrogen (secondary N) is 2. The Balaban J connectivity index is 3.40. The molecule has 0 saturated heterocycles. The van der Waals surface area contributed by atoms with Gasteiger partial charge >= 0.3 is 0 Å². The molecular formula is C12H28N2O3. The van der Waals surface area contributed by atoms with E-state index in [4.69, 9.17) is 14.2 Å². The zero-order valence-corrected chi connectivity index (χ0v) is 11.6. The van der Waals surface area contributed by atoms with E-state index in [1.165, 1.54) is 0 Å². The quantitative estimate of drug-likeness (QED) is 0.485. The molecule has 0 aromatic heterocycles. The second-order valence-electron chi connectivity index (χ2n) is 4.17. The minimum atomic E-state index is 0.121. The molecule has 0 aromatic rings. The van der Waals surface area contributed by atoms with Crippen LogP contribution in [0.3, 0.4) is 0 Å². The second kappa shape index (κ2) is 12.3. The number of ether oxygens (including phenoxy) is 3. The van der Waals surface area contributed by atoms with Gasteiger partial charge < -0.3 is 24.8 Å². The van der Waals surface area contributed by atoms with Crippen molar-refractivity contribution in [2.45, 2.75) is 25.5 Å². The Morgan fingerprint density at radius 1 is 1.06 bits per heavy atom. The maximum Gasteiger partial charge on any atom is 0.0928 e. The fraction of sp³-hybridized carbons (Fsp3) is 1.00. The molecule has 0 aliphatic heterocycles. The summed E-state index contributed by atoms with van der Waals surface area (Å²) in [6.07, 6.45) is 1.17. The normalized spacial score (nSPS) is 14.8. The molecule has 0 aromatic carbocycles. The molecule has 5 heteroatoms. The summed E-state index contributed by atoms with van der Waals surface area (Å²) in [6, 6.07) is 0.423. The summed E-state index contributed by atoms with van der Waals surface area (Å²) in [5, 5.41) is 6.79. The molecule has 0 fully saturated rings. The highest BCUT2D eigenvalue weighted by atomic mass is 16.5. The van der Waals surface area contributed by atoms with Crippen LogP contribution in [0, 0.1) is 0 Å². The Morgan fingerprint density at radius 3 is 2.41 bits per heavy atom. The first-order chi connectivity index (χ1) is 8.24. The van der Waals surface area contributed by atoms with Crippen molar-refractivity contribution in [2.75, 3.05) is 54.2 Å². The minimum Gasteiger partial charge on any atom is -0.385 e. The number of hydrogen-bond acceptors (Lipinski definition) is 5. The molecule has 0 heterocycles. The molecule has 2 N–H and O–H groups in total. The van der Waals surface area contributed by atoms with E-state index in [9.17, 15) is 0 Å². The topological polar surface area (TPSA) is 51.8 Å². The van der Waals surface area contributed by atoms with E-state index in [0.29, 0.717) is 12.6 Å². The molecule has 17 heavy (non-hydrogen) atoms. The third kappa shape index (κ3) is 10.7. The van der Waals surface area contributed by atoms with Gasteiger partial charge in [-0.05, 0) is 19.9 Å². The van der Waals surface area contributed by atoms with Crippen LogP contribution in [0.1, 0.15) is 13.3 Å². The van der Waals surface area contributed by atoms with Crippen molar-refractivity contribution in [3.8, 4) is 0 Å². The third-order valence-electron chi connectivity index (χ3n) is 2.53. The van der Waals surface area contributed by atoms with Crippen LogP contribution in [0.4, 0.5) is 0 Å². The van der Waals surface area contributed by atoms with E-state index in [-0.39, 0.29) is 6.10 Å². The highest BCUT2D eigenvalue weighted by molar-refractivity contribution is 4.68. The van der Waals surface area contributed by atoms with Gasteiger partial charge in [-0.25, -0.2) is 0 Å². The van der Waals surface area contributed by atoms with Crippen molar-refractivity contribution in [1.82, 2.24) is 10.6 Å². The zero-order valence-electron chi connectivity index (χ0n) is 11.6. The number of rotatable bonds is 12. The van der Waals surface area contributed by atoms with Crippen LogP contribution in [-0.4, -0.2) is 66.3 Å². The van der Waals surface area contributed by atoms with Crippen LogP contribution in [0.25, 0.3) is 0 Å². The molecule has 0 saturated carbocycles. The Kier molecular flexibility index (Phi) is 12.1. The maximum absolute atomic E-state index is 5.27. The van der Waals surface area contributed by atoms with Gasteiger partial charge in [-0.3, -0.25) is 0 Å². The van der Waals surface area contributed by atoms with Crippen LogP contribution in [-0.2, 0) is 14.2 Å². The van der Waals surface area contributed by atoms with Crippen molar-refractivity contribution in [2.24, 2.45) is 0 Å². The summed E-state index contributed by atoms with van der Waals surface area (Å²) in [5.41, 5.74) is 0. The fourth-order valence-electron chi connectivity index (χ4n) is 1.46. The van der Waals surface area contributed by atoms with Crippen LogP contribution in [0.5, 0.6) is 0 Å². The van der Waals surface area contributed by atoms with Gasteiger partial charge in [-0.2, -0.15) is 0 Å². The van der Waals surface area contributed by atoms with Crippen LogP contribution >= 0.6 is 0 Å². The Morgan fingerprint density at radius 2 is 1.82 bits per heavy atom. The van der Waals surface area contributed by atoms with E-state index < -0.39 is 0 Å². The summed E-state index contributed by atoms with van der Waals surface area (Å²) in [7, 11) is 5.12. The molecule has 0 spiro atoms. The molecule has 2 atom stereocenters. The second-order valence-corrected chi connectivity index (χ2v) is 4.17. The lowest BCUT2D eigenvalue weighted by atomic mass is 10.3. The van der Waals surface area contributed by atoms with Gasteiger partial charge in [-0.1, -0.05) is 0 Å². The van der Waals surface area contributed by atoms with Gasteiger partial charge in [0.25, 0.3) is 0 Å². The summed E-state index contributed by atoms with van der Waals surface area (Å²) in [5.74, 6) is 0. The molecule has 5 nitrogen and oxygen atoms in total. The van der Waals surface area contributed by atoms with E-state index in [1.807, 2.05) is 0 Å². The average molecular weight is 248 g/mol. The molecule has 0 amide bonds. The molecule has 0 bridgehead atoms. The lowest BCUT2D eigenvalue weighted by Gasteiger charge is -2.19. The Hall–Kier alpha value is -0.200. The van der Waals surface area contributed by atoms with Crippen molar-refractivity contribution >= 4 is 0 Å². The van der Waals surface area contributed by atoms with Crippen molar-refractivity contribution in [3.05, 3.63) is 0 Å². The van der Waals surface area contributed by atoms with E-state index in [2.05, 4.69) is 17.6 Å². The summed E-state index contributed by atoms with van der Waals surface area (Å²) < 4.78 is 15.3. The third-order valence-corrected chi connectivity index (χ3v) is 2.53. The van der Waals surface area contributed by atoms with Gasteiger partial charge in [0.1, 0.15) is 0 Å². The Labute approximate surface area is 105 Å². The van der Waals surface area contributed by atoms with Gasteiger partial charge in [0.15, 0.2) is 0 Å². The smallest absolute Gasteiger partial charge is 0.0928 e. The van der Waals surface area contributed by atoms with Gasteiger partial charge in [0.05, 0.1) is 12.7 Å². The van der Waals surface area contributed by atoms with Crippen LogP contribution < -0.4 is 10.6 Å². The molecule has 0 rings (SSSR count). The van der Waals surface area contributed by atoms with Crippen molar-refractivity contribution in [3.63, 3.8) is 0 Å². The predicted octanol–water partition coefficient (Wildman–Crippen LogP) is 0.252. The lowest BCUT2D eigenvalue weighted by molar-refractivity contribution is 0.0276. The van der Waals surface area contributed by atoms with Crippen molar-refractivity contribution < 1.29 is 14.2 Å². The summed E-state index contributed by atoms with van der Waals surface area (Å²) in [4.78, 5) is 0. The number of methoxy groups -OCH3 is 3. The monoisotopic (exact) mass is 248 g/mol. The zero-order chi connectivity index (χ0) is 12.9. The SMILES string of the molecule is COCCCNCC(C)NCC(COC)OC. The molecule has 0 radical (unpaired) electrons. The van der Waals surface area contributed by atoms with Gasteiger partial charge in [-0.15, -0.1) is 0 Å². The minimum absolute atomic E-state index is 0.121. The van der Waals surface area contributed by atoms with Gasteiger partial charge in [0, 0.05) is 47.1 Å². The molecule has 0 aliphatic carbocycles. The van der Waals surface area contributed by atoms with Gasteiger partial charge in [0.2, 0.25) is 0 Å². The van der Waals surface area contributed by atoms with E-state index in [0.717, 1.165) is 32.7 Å². The average Bonchev–Trinajstić information content (AvgIpc) is 2.34. The van der Waals surface area contributed by atoms with E-state index >= 15 is 0 Å². The lowest BCUT2D eigenvalue weighted by Crippen LogP contribution is -2.42. The first-order valence-corrected chi connectivity index (χ1v) is 6.19. The fourth-order valence-corrected chi connectivity index (χ4v) is 1.46. The number of hydrogen-bond donors (Lipinski definition) is 2. The maximum atomic E-state index is 5.27. The highest BCUT2D eigenvalue weighted by Gasteiger charge is 2.08. The van der Waals surface area contributed by atoms with Crippen molar-refractivity contribution in [1.29, 1.82) is 0 Å². The first-order valence-electron chi connectivity index (χ1n) is 6.19. The molecular weight excluding hydrogens is 220 g/mol. The van der Waals surface area contributed by atoms with Crippen LogP contribution in [0.15, 0.2) is 0 Å². The largest absolute Gasteiger partial charge is 0.385 e. The van der Waals surface area contributed by atoms with E-state index in [1.54, 1.807) is 21.3 Å². The molecule has 2 unspecified atom stereocenters.